The van der Waals surface area contributed by atoms with E-state index in [4.69, 9.17) is 0 Å². The molecule has 1 saturated carbocycles. The van der Waals surface area contributed by atoms with Gasteiger partial charge in [-0.3, -0.25) is 4.79 Å². The number of carbonyl (C=O) groups is 2. The molecule has 1 aliphatic heterocycles. The van der Waals surface area contributed by atoms with Crippen LogP contribution in [0.1, 0.15) is 18.4 Å². The van der Waals surface area contributed by atoms with Gasteiger partial charge in [-0.25, -0.2) is 4.79 Å². The predicted octanol–water partition coefficient (Wildman–Crippen LogP) is 1.62. The summed E-state index contributed by atoms with van der Waals surface area (Å²) < 4.78 is 1.01. The van der Waals surface area contributed by atoms with Crippen molar-refractivity contribution in [3.05, 3.63) is 34.3 Å². The molecule has 1 atom stereocenters. The van der Waals surface area contributed by atoms with Crippen LogP contribution in [0.5, 0.6) is 0 Å². The van der Waals surface area contributed by atoms with E-state index in [1.165, 1.54) is 0 Å². The van der Waals surface area contributed by atoms with Gasteiger partial charge in [0.2, 0.25) is 5.91 Å². The Morgan fingerprint density at radius 3 is 2.80 bits per heavy atom. The van der Waals surface area contributed by atoms with E-state index >= 15 is 0 Å². The molecule has 0 radical (unpaired) electrons. The van der Waals surface area contributed by atoms with Crippen LogP contribution in [0.3, 0.4) is 0 Å². The highest BCUT2D eigenvalue weighted by Crippen LogP contribution is 2.29. The lowest BCUT2D eigenvalue weighted by Gasteiger charge is -2.25. The number of hydrogen-bond donors (Lipinski definition) is 2. The lowest BCUT2D eigenvalue weighted by atomic mass is 10.2. The number of nitrogens with one attached hydrogen (secondary N) is 2. The number of halogens is 1. The number of benzene rings is 1. The van der Waals surface area contributed by atoms with Gasteiger partial charge in [-0.15, -0.1) is 0 Å². The number of rotatable bonds is 4. The van der Waals surface area contributed by atoms with Crippen molar-refractivity contribution in [2.24, 2.45) is 0 Å². The molecule has 3 amide bonds. The molecule has 1 heterocycles. The van der Waals surface area contributed by atoms with Gasteiger partial charge in [0.15, 0.2) is 0 Å². The van der Waals surface area contributed by atoms with E-state index in [1.807, 2.05) is 29.2 Å². The molecular weight excluding hydrogens is 322 g/mol. The largest absolute Gasteiger partial charge is 0.336 e. The van der Waals surface area contributed by atoms with Crippen molar-refractivity contribution in [2.75, 3.05) is 6.54 Å². The molecule has 1 aromatic carbocycles. The van der Waals surface area contributed by atoms with Crippen molar-refractivity contribution >= 4 is 27.9 Å². The zero-order valence-electron chi connectivity index (χ0n) is 10.9. The fourth-order valence-corrected chi connectivity index (χ4v) is 2.86. The molecule has 3 rings (SSSR count). The Kier molecular flexibility index (Phi) is 3.65. The number of nitrogens with zero attached hydrogens (tertiary/aromatic N) is 1. The van der Waals surface area contributed by atoms with Gasteiger partial charge in [-0.1, -0.05) is 28.1 Å². The topological polar surface area (TPSA) is 61.4 Å². The highest BCUT2D eigenvalue weighted by molar-refractivity contribution is 9.10. The summed E-state index contributed by atoms with van der Waals surface area (Å²) >= 11 is 3.45. The van der Waals surface area contributed by atoms with Crippen LogP contribution >= 0.6 is 15.9 Å². The molecule has 106 valence electrons. The SMILES string of the molecule is O=C1NC[C@H](C(=O)N(Cc2cccc(Br)c2)C2CC2)N1. The Morgan fingerprint density at radius 2 is 2.20 bits per heavy atom. The van der Waals surface area contributed by atoms with Crippen LogP contribution in [0.15, 0.2) is 28.7 Å². The molecule has 1 aromatic rings. The van der Waals surface area contributed by atoms with Gasteiger partial charge in [-0.2, -0.15) is 0 Å². The Hall–Kier alpha value is -1.56. The van der Waals surface area contributed by atoms with Crippen LogP contribution in [-0.4, -0.2) is 35.5 Å². The maximum absolute atomic E-state index is 12.5. The summed E-state index contributed by atoms with van der Waals surface area (Å²) in [7, 11) is 0. The van der Waals surface area contributed by atoms with Gasteiger partial charge in [0.25, 0.3) is 0 Å². The van der Waals surface area contributed by atoms with E-state index in [2.05, 4.69) is 26.6 Å². The highest BCUT2D eigenvalue weighted by atomic mass is 79.9. The van der Waals surface area contributed by atoms with E-state index in [0.29, 0.717) is 19.1 Å². The van der Waals surface area contributed by atoms with Gasteiger partial charge >= 0.3 is 6.03 Å². The zero-order chi connectivity index (χ0) is 14.1. The van der Waals surface area contributed by atoms with Gasteiger partial charge in [-0.05, 0) is 30.5 Å². The smallest absolute Gasteiger partial charge is 0.315 e. The summed E-state index contributed by atoms with van der Waals surface area (Å²) in [5.41, 5.74) is 1.09. The van der Waals surface area contributed by atoms with Crippen molar-refractivity contribution in [3.63, 3.8) is 0 Å². The van der Waals surface area contributed by atoms with Crippen LogP contribution in [0, 0.1) is 0 Å². The quantitative estimate of drug-likeness (QED) is 0.877. The Bertz CT molecular complexity index is 545. The first kappa shape index (κ1) is 13.4. The van der Waals surface area contributed by atoms with Crippen LogP contribution in [0.4, 0.5) is 4.79 Å². The first-order chi connectivity index (χ1) is 9.63. The third-order valence-electron chi connectivity index (χ3n) is 3.58. The summed E-state index contributed by atoms with van der Waals surface area (Å²) in [6.07, 6.45) is 2.10. The van der Waals surface area contributed by atoms with E-state index in [-0.39, 0.29) is 11.9 Å². The number of amides is 3. The lowest BCUT2D eigenvalue weighted by Crippen LogP contribution is -2.46. The second-order valence-electron chi connectivity index (χ2n) is 5.23. The summed E-state index contributed by atoms with van der Waals surface area (Å²) in [4.78, 5) is 25.6. The molecule has 2 fully saturated rings. The molecule has 1 aliphatic carbocycles. The molecule has 0 spiro atoms. The summed E-state index contributed by atoms with van der Waals surface area (Å²) in [5, 5.41) is 5.30. The maximum Gasteiger partial charge on any atom is 0.315 e. The van der Waals surface area contributed by atoms with Crippen molar-refractivity contribution in [3.8, 4) is 0 Å². The predicted molar refractivity (Wildman–Crippen MR) is 78.0 cm³/mol. The molecule has 6 heteroatoms. The summed E-state index contributed by atoms with van der Waals surface area (Å²) in [5.74, 6) is 0.00539. The minimum Gasteiger partial charge on any atom is -0.336 e. The fraction of sp³-hybridized carbons (Fsp3) is 0.429. The molecule has 2 aliphatic rings. The molecule has 1 saturated heterocycles. The highest BCUT2D eigenvalue weighted by Gasteiger charge is 2.38. The van der Waals surface area contributed by atoms with Crippen molar-refractivity contribution < 1.29 is 9.59 Å². The molecule has 0 unspecified atom stereocenters. The number of hydrogen-bond acceptors (Lipinski definition) is 2. The normalized spacial score (nSPS) is 21.2. The van der Waals surface area contributed by atoms with Gasteiger partial charge < -0.3 is 15.5 Å². The van der Waals surface area contributed by atoms with Crippen molar-refractivity contribution in [2.45, 2.75) is 31.5 Å². The van der Waals surface area contributed by atoms with Crippen LogP contribution < -0.4 is 10.6 Å². The van der Waals surface area contributed by atoms with Gasteiger partial charge in [0, 0.05) is 23.6 Å². The van der Waals surface area contributed by atoms with Crippen LogP contribution in [0.2, 0.25) is 0 Å². The van der Waals surface area contributed by atoms with E-state index < -0.39 is 6.04 Å². The molecule has 0 aromatic heterocycles. The Balaban J connectivity index is 1.72. The van der Waals surface area contributed by atoms with Crippen molar-refractivity contribution in [1.29, 1.82) is 0 Å². The van der Waals surface area contributed by atoms with Crippen LogP contribution in [-0.2, 0) is 11.3 Å². The van der Waals surface area contributed by atoms with Gasteiger partial charge in [0.1, 0.15) is 6.04 Å². The second kappa shape index (κ2) is 5.44. The van der Waals surface area contributed by atoms with Crippen molar-refractivity contribution in [1.82, 2.24) is 15.5 Å². The maximum atomic E-state index is 12.5. The average molecular weight is 338 g/mol. The van der Waals surface area contributed by atoms with E-state index in [1.54, 1.807) is 0 Å². The lowest BCUT2D eigenvalue weighted by molar-refractivity contribution is -0.133. The first-order valence-electron chi connectivity index (χ1n) is 6.73. The molecule has 0 bridgehead atoms. The van der Waals surface area contributed by atoms with Gasteiger partial charge in [0.05, 0.1) is 0 Å². The van der Waals surface area contributed by atoms with E-state index in [0.717, 1.165) is 22.9 Å². The second-order valence-corrected chi connectivity index (χ2v) is 6.15. The number of carbonyl (C=O) groups excluding carboxylic acids is 2. The number of urea groups is 1. The summed E-state index contributed by atoms with van der Waals surface area (Å²) in [6, 6.07) is 7.59. The average Bonchev–Trinajstić information content (AvgIpc) is 3.17. The zero-order valence-corrected chi connectivity index (χ0v) is 12.5. The monoisotopic (exact) mass is 337 g/mol. The third-order valence-corrected chi connectivity index (χ3v) is 4.08. The standard InChI is InChI=1S/C14H16BrN3O2/c15-10-3-1-2-9(6-10)8-18(11-4-5-11)13(19)12-7-16-14(20)17-12/h1-3,6,11-12H,4-5,7-8H2,(H2,16,17,20)/t12-/m1/s1. The minimum absolute atomic E-state index is 0.00539. The molecule has 5 nitrogen and oxygen atoms in total. The summed E-state index contributed by atoms with van der Waals surface area (Å²) in [6.45, 7) is 0.967. The molecule has 20 heavy (non-hydrogen) atoms. The third kappa shape index (κ3) is 2.95. The Labute approximate surface area is 125 Å². The Morgan fingerprint density at radius 1 is 1.40 bits per heavy atom. The first-order valence-corrected chi connectivity index (χ1v) is 7.52. The fourth-order valence-electron chi connectivity index (χ4n) is 2.41. The molecular formula is C14H16BrN3O2. The van der Waals surface area contributed by atoms with E-state index in [9.17, 15) is 9.59 Å². The minimum atomic E-state index is -0.435. The van der Waals surface area contributed by atoms with Crippen LogP contribution in [0.25, 0.3) is 0 Å². The molecule has 2 N–H and O–H groups in total.